The van der Waals surface area contributed by atoms with Gasteiger partial charge < -0.3 is 20.5 Å². The summed E-state index contributed by atoms with van der Waals surface area (Å²) in [7, 11) is 0. The highest BCUT2D eigenvalue weighted by atomic mass is 127. The lowest BCUT2D eigenvalue weighted by atomic mass is 9.74. The van der Waals surface area contributed by atoms with Gasteiger partial charge in [0.2, 0.25) is 0 Å². The molecule has 2 aromatic carbocycles. The Bertz CT molecular complexity index is 795. The van der Waals surface area contributed by atoms with Crippen LogP contribution in [-0.4, -0.2) is 32.3 Å². The predicted molar refractivity (Wildman–Crippen MR) is 131 cm³/mol. The zero-order valence-electron chi connectivity index (χ0n) is 17.5. The first-order chi connectivity index (χ1) is 13.5. The summed E-state index contributed by atoms with van der Waals surface area (Å²) in [5.41, 5.74) is 10.8. The van der Waals surface area contributed by atoms with Crippen LogP contribution in [0.15, 0.2) is 47.5 Å². The zero-order valence-corrected chi connectivity index (χ0v) is 19.9. The number of nitrogens with one attached hydrogen (secondary N) is 1. The van der Waals surface area contributed by atoms with Crippen molar-refractivity contribution in [1.82, 2.24) is 0 Å². The molecule has 0 amide bonds. The number of hydrogen-bond donors (Lipinski definition) is 2. The molecule has 1 fully saturated rings. The van der Waals surface area contributed by atoms with Crippen molar-refractivity contribution in [2.45, 2.75) is 39.0 Å². The molecule has 0 bridgehead atoms. The highest BCUT2D eigenvalue weighted by Gasteiger charge is 2.34. The van der Waals surface area contributed by atoms with Crippen molar-refractivity contribution < 1.29 is 9.47 Å². The molecule has 2 aromatic rings. The lowest BCUT2D eigenvalue weighted by Gasteiger charge is -2.36. The number of ether oxygens (including phenoxy) is 2. The largest absolute Gasteiger partial charge is 0.494 e. The van der Waals surface area contributed by atoms with Gasteiger partial charge in [0, 0.05) is 24.3 Å². The predicted octanol–water partition coefficient (Wildman–Crippen LogP) is 4.80. The Balaban J connectivity index is 0.00000300. The van der Waals surface area contributed by atoms with Gasteiger partial charge in [-0.15, -0.1) is 24.0 Å². The number of guanidine groups is 1. The minimum atomic E-state index is -0.0577. The molecule has 1 aliphatic rings. The van der Waals surface area contributed by atoms with Crippen molar-refractivity contribution in [2.24, 2.45) is 10.7 Å². The van der Waals surface area contributed by atoms with Crippen LogP contribution in [0.4, 0.5) is 5.69 Å². The fourth-order valence-corrected chi connectivity index (χ4v) is 3.84. The van der Waals surface area contributed by atoms with Crippen LogP contribution in [-0.2, 0) is 10.2 Å². The smallest absolute Gasteiger partial charge is 0.193 e. The molecule has 1 saturated heterocycles. The molecular formula is C23H32IN3O2. The summed E-state index contributed by atoms with van der Waals surface area (Å²) in [5.74, 6) is 1.34. The molecule has 0 aromatic heterocycles. The quantitative estimate of drug-likeness (QED) is 0.334. The van der Waals surface area contributed by atoms with Crippen molar-refractivity contribution in [3.8, 4) is 5.75 Å². The maximum atomic E-state index is 6.21. The molecule has 5 nitrogen and oxygen atoms in total. The van der Waals surface area contributed by atoms with Crippen molar-refractivity contribution >= 4 is 35.6 Å². The van der Waals surface area contributed by atoms with Gasteiger partial charge in [0.15, 0.2) is 5.96 Å². The van der Waals surface area contributed by atoms with Crippen molar-refractivity contribution in [2.75, 3.05) is 31.7 Å². The minimum absolute atomic E-state index is 0. The summed E-state index contributed by atoms with van der Waals surface area (Å²) in [4.78, 5) is 4.71. The van der Waals surface area contributed by atoms with E-state index in [0.717, 1.165) is 37.5 Å². The van der Waals surface area contributed by atoms with E-state index in [2.05, 4.69) is 49.5 Å². The molecule has 1 heterocycles. The fraction of sp³-hybridized carbons (Fsp3) is 0.435. The summed E-state index contributed by atoms with van der Waals surface area (Å²) in [6.07, 6.45) is 1.86. The van der Waals surface area contributed by atoms with Gasteiger partial charge in [-0.25, -0.2) is 0 Å². The fourth-order valence-electron chi connectivity index (χ4n) is 3.84. The lowest BCUT2D eigenvalue weighted by molar-refractivity contribution is 0.0531. The van der Waals surface area contributed by atoms with Crippen LogP contribution in [0, 0.1) is 13.8 Å². The Morgan fingerprint density at radius 2 is 1.72 bits per heavy atom. The lowest BCUT2D eigenvalue weighted by Crippen LogP contribution is -2.38. The second kappa shape index (κ2) is 10.8. The summed E-state index contributed by atoms with van der Waals surface area (Å²) in [6.45, 7) is 8.94. The van der Waals surface area contributed by atoms with E-state index in [4.69, 9.17) is 20.2 Å². The molecule has 6 heteroatoms. The third-order valence-corrected chi connectivity index (χ3v) is 5.27. The van der Waals surface area contributed by atoms with E-state index >= 15 is 0 Å². The average Bonchev–Trinajstić information content (AvgIpc) is 2.67. The highest BCUT2D eigenvalue weighted by molar-refractivity contribution is 14.0. The van der Waals surface area contributed by atoms with E-state index in [1.807, 2.05) is 19.1 Å². The van der Waals surface area contributed by atoms with Gasteiger partial charge in [-0.3, -0.25) is 4.99 Å². The summed E-state index contributed by atoms with van der Waals surface area (Å²) in [5, 5.41) is 3.23. The normalized spacial score (nSPS) is 16.0. The number of aliphatic imine (C=N–C) groups is 1. The van der Waals surface area contributed by atoms with Gasteiger partial charge >= 0.3 is 0 Å². The summed E-state index contributed by atoms with van der Waals surface area (Å²) < 4.78 is 11.2. The van der Waals surface area contributed by atoms with Gasteiger partial charge in [0.05, 0.1) is 13.2 Å². The molecule has 0 radical (unpaired) electrons. The zero-order chi connectivity index (χ0) is 20.0. The number of benzene rings is 2. The number of halogens is 1. The molecule has 0 aliphatic carbocycles. The molecule has 0 saturated carbocycles. The van der Waals surface area contributed by atoms with Crippen molar-refractivity contribution in [3.05, 3.63) is 59.2 Å². The minimum Gasteiger partial charge on any atom is -0.494 e. The van der Waals surface area contributed by atoms with Gasteiger partial charge in [-0.2, -0.15) is 0 Å². The Labute approximate surface area is 191 Å². The van der Waals surface area contributed by atoms with E-state index in [1.165, 1.54) is 16.7 Å². The van der Waals surface area contributed by atoms with Crippen LogP contribution >= 0.6 is 24.0 Å². The van der Waals surface area contributed by atoms with Gasteiger partial charge in [0.1, 0.15) is 5.75 Å². The average molecular weight is 509 g/mol. The maximum absolute atomic E-state index is 6.21. The Kier molecular flexibility index (Phi) is 8.77. The van der Waals surface area contributed by atoms with Crippen molar-refractivity contribution in [1.29, 1.82) is 0 Å². The molecule has 0 unspecified atom stereocenters. The first-order valence-electron chi connectivity index (χ1n) is 9.97. The number of rotatable bonds is 6. The number of anilines is 1. The first-order valence-corrected chi connectivity index (χ1v) is 9.97. The van der Waals surface area contributed by atoms with E-state index in [-0.39, 0.29) is 29.4 Å². The van der Waals surface area contributed by atoms with E-state index in [0.29, 0.717) is 19.1 Å². The standard InChI is InChI=1S/C23H31N3O2.HI/c1-4-28-21-7-5-19(6-8-21)23(9-11-27-12-10-23)16-25-22(24)26-20-14-17(2)13-18(3)15-20;/h5-8,13-15H,4,9-12,16H2,1-3H3,(H3,24,25,26);1H. The van der Waals surface area contributed by atoms with Gasteiger partial charge in [-0.05, 0) is 74.6 Å². The van der Waals surface area contributed by atoms with Gasteiger partial charge in [0.25, 0.3) is 0 Å². The number of nitrogens with zero attached hydrogens (tertiary/aromatic N) is 1. The van der Waals surface area contributed by atoms with Crippen LogP contribution in [0.1, 0.15) is 36.5 Å². The molecule has 0 spiro atoms. The second-order valence-electron chi connectivity index (χ2n) is 7.55. The summed E-state index contributed by atoms with van der Waals surface area (Å²) in [6, 6.07) is 14.7. The van der Waals surface area contributed by atoms with E-state index < -0.39 is 0 Å². The highest BCUT2D eigenvalue weighted by Crippen LogP contribution is 2.36. The van der Waals surface area contributed by atoms with E-state index in [9.17, 15) is 0 Å². The SMILES string of the molecule is CCOc1ccc(C2(CN=C(N)Nc3cc(C)cc(C)c3)CCOCC2)cc1.I. The molecule has 3 N–H and O–H groups in total. The topological polar surface area (TPSA) is 68.9 Å². The molecule has 158 valence electrons. The number of aryl methyl sites for hydroxylation is 2. The second-order valence-corrected chi connectivity index (χ2v) is 7.55. The monoisotopic (exact) mass is 509 g/mol. The molecule has 0 atom stereocenters. The Morgan fingerprint density at radius 1 is 1.10 bits per heavy atom. The van der Waals surface area contributed by atoms with Crippen LogP contribution in [0.5, 0.6) is 5.75 Å². The molecule has 3 rings (SSSR count). The van der Waals surface area contributed by atoms with Crippen LogP contribution in [0.25, 0.3) is 0 Å². The first kappa shape index (κ1) is 23.5. The number of hydrogen-bond acceptors (Lipinski definition) is 3. The van der Waals surface area contributed by atoms with Crippen LogP contribution < -0.4 is 15.8 Å². The maximum Gasteiger partial charge on any atom is 0.193 e. The van der Waals surface area contributed by atoms with Crippen molar-refractivity contribution in [3.63, 3.8) is 0 Å². The Morgan fingerprint density at radius 3 is 2.31 bits per heavy atom. The third kappa shape index (κ3) is 6.34. The molecular weight excluding hydrogens is 477 g/mol. The molecule has 29 heavy (non-hydrogen) atoms. The number of nitrogens with two attached hydrogens (primary N) is 1. The van der Waals surface area contributed by atoms with Crippen LogP contribution in [0.3, 0.4) is 0 Å². The Hall–Kier alpha value is -1.80. The molecule has 1 aliphatic heterocycles. The van der Waals surface area contributed by atoms with Gasteiger partial charge in [-0.1, -0.05) is 18.2 Å². The third-order valence-electron chi connectivity index (χ3n) is 5.27. The van der Waals surface area contributed by atoms with E-state index in [1.54, 1.807) is 0 Å². The van der Waals surface area contributed by atoms with Crippen LogP contribution in [0.2, 0.25) is 0 Å². The summed E-state index contributed by atoms with van der Waals surface area (Å²) >= 11 is 0.